The van der Waals surface area contributed by atoms with Gasteiger partial charge in [-0.15, -0.1) is 0 Å². The summed E-state index contributed by atoms with van der Waals surface area (Å²) in [5, 5.41) is 8.05. The van der Waals surface area contributed by atoms with E-state index in [2.05, 4.69) is 4.33 Å². The molecule has 0 amide bonds. The lowest BCUT2D eigenvalue weighted by Crippen LogP contribution is -1.73. The van der Waals surface area contributed by atoms with Gasteiger partial charge in [-0.25, -0.2) is 5.26 Å². The Bertz CT molecular complexity index is 195. The maximum Gasteiger partial charge on any atom is 0.0679 e. The summed E-state index contributed by atoms with van der Waals surface area (Å²) in [6.45, 7) is 2.01. The van der Waals surface area contributed by atoms with Crippen LogP contribution in [0.1, 0.15) is 5.56 Å². The molecule has 0 atom stereocenters. The minimum absolute atomic E-state index is 0.896. The molecule has 0 spiro atoms. The largest absolute Gasteiger partial charge is 0.239 e. The first-order chi connectivity index (χ1) is 4.83. The SMILES string of the molecule is Cc1ccc(SOO)cc1. The minimum atomic E-state index is 0.896. The van der Waals surface area contributed by atoms with Gasteiger partial charge in [0.25, 0.3) is 0 Å². The minimum Gasteiger partial charge on any atom is -0.239 e. The fourth-order valence-corrected chi connectivity index (χ4v) is 0.970. The molecular weight excluding hydrogens is 148 g/mol. The Labute approximate surface area is 64.0 Å². The van der Waals surface area contributed by atoms with Crippen molar-refractivity contribution in [3.05, 3.63) is 29.8 Å². The van der Waals surface area contributed by atoms with E-state index in [1.165, 1.54) is 5.56 Å². The highest BCUT2D eigenvalue weighted by Gasteiger charge is 1.90. The molecule has 2 nitrogen and oxygen atoms in total. The van der Waals surface area contributed by atoms with E-state index < -0.39 is 0 Å². The average Bonchev–Trinajstić information content (AvgIpc) is 1.95. The van der Waals surface area contributed by atoms with Crippen molar-refractivity contribution in [3.63, 3.8) is 0 Å². The van der Waals surface area contributed by atoms with E-state index in [1.807, 2.05) is 31.2 Å². The highest BCUT2D eigenvalue weighted by atomic mass is 32.2. The fraction of sp³-hybridized carbons (Fsp3) is 0.143. The van der Waals surface area contributed by atoms with Gasteiger partial charge in [-0.1, -0.05) is 17.7 Å². The quantitative estimate of drug-likeness (QED) is 0.405. The summed E-state index contributed by atoms with van der Waals surface area (Å²) >= 11 is 0.940. The maximum atomic E-state index is 8.05. The zero-order valence-corrected chi connectivity index (χ0v) is 6.39. The van der Waals surface area contributed by atoms with Crippen molar-refractivity contribution in [2.24, 2.45) is 0 Å². The second kappa shape index (κ2) is 3.61. The third kappa shape index (κ3) is 2.02. The Morgan fingerprint density at radius 2 is 1.90 bits per heavy atom. The number of aryl methyl sites for hydroxylation is 1. The molecule has 3 heteroatoms. The Morgan fingerprint density at radius 1 is 1.30 bits per heavy atom. The van der Waals surface area contributed by atoms with Crippen LogP contribution in [0, 0.1) is 6.92 Å². The number of benzene rings is 1. The number of hydrogen-bond donors (Lipinski definition) is 1. The second-order valence-electron chi connectivity index (χ2n) is 1.97. The second-order valence-corrected chi connectivity index (χ2v) is 2.76. The molecule has 0 aliphatic rings. The topological polar surface area (TPSA) is 29.5 Å². The van der Waals surface area contributed by atoms with Crippen molar-refractivity contribution in [2.45, 2.75) is 11.8 Å². The molecule has 0 aliphatic heterocycles. The van der Waals surface area contributed by atoms with Gasteiger partial charge in [-0.2, -0.15) is 4.33 Å². The molecule has 54 valence electrons. The molecule has 1 N–H and O–H groups in total. The predicted octanol–water partition coefficient (Wildman–Crippen LogP) is 2.49. The molecule has 0 aliphatic carbocycles. The van der Waals surface area contributed by atoms with Gasteiger partial charge >= 0.3 is 0 Å². The van der Waals surface area contributed by atoms with Gasteiger partial charge in [0.2, 0.25) is 0 Å². The molecule has 0 unspecified atom stereocenters. The summed E-state index contributed by atoms with van der Waals surface area (Å²) in [6, 6.07) is 7.69. The molecule has 1 aromatic rings. The first-order valence-corrected chi connectivity index (χ1v) is 3.62. The van der Waals surface area contributed by atoms with Crippen LogP contribution in [-0.4, -0.2) is 5.26 Å². The molecule has 1 rings (SSSR count). The zero-order chi connectivity index (χ0) is 7.40. The van der Waals surface area contributed by atoms with Gasteiger partial charge in [0.1, 0.15) is 0 Å². The van der Waals surface area contributed by atoms with Gasteiger partial charge in [-0.3, -0.25) is 0 Å². The van der Waals surface area contributed by atoms with Crippen LogP contribution in [0.2, 0.25) is 0 Å². The molecule has 0 radical (unpaired) electrons. The Hall–Kier alpha value is -0.510. The number of hydrogen-bond acceptors (Lipinski definition) is 3. The van der Waals surface area contributed by atoms with Gasteiger partial charge in [0, 0.05) is 4.90 Å². The van der Waals surface area contributed by atoms with Crippen LogP contribution in [0.3, 0.4) is 0 Å². The molecule has 0 fully saturated rings. The van der Waals surface area contributed by atoms with Gasteiger partial charge in [0.15, 0.2) is 0 Å². The summed E-state index contributed by atoms with van der Waals surface area (Å²) in [5.41, 5.74) is 1.20. The molecule has 0 saturated carbocycles. The summed E-state index contributed by atoms with van der Waals surface area (Å²) in [6.07, 6.45) is 0. The Balaban J connectivity index is 2.69. The van der Waals surface area contributed by atoms with E-state index in [1.54, 1.807) is 0 Å². The van der Waals surface area contributed by atoms with E-state index in [0.29, 0.717) is 0 Å². The predicted molar refractivity (Wildman–Crippen MR) is 40.7 cm³/mol. The van der Waals surface area contributed by atoms with Crippen LogP contribution in [0.15, 0.2) is 29.2 Å². The van der Waals surface area contributed by atoms with E-state index in [4.69, 9.17) is 5.26 Å². The lowest BCUT2D eigenvalue weighted by molar-refractivity contribution is -0.116. The van der Waals surface area contributed by atoms with Crippen LogP contribution < -0.4 is 0 Å². The number of rotatable bonds is 2. The van der Waals surface area contributed by atoms with Crippen molar-refractivity contribution >= 4 is 12.0 Å². The van der Waals surface area contributed by atoms with E-state index in [9.17, 15) is 0 Å². The lowest BCUT2D eigenvalue weighted by Gasteiger charge is -1.95. The van der Waals surface area contributed by atoms with Gasteiger partial charge < -0.3 is 0 Å². The lowest BCUT2D eigenvalue weighted by atomic mass is 10.2. The summed E-state index contributed by atoms with van der Waals surface area (Å²) in [7, 11) is 0. The zero-order valence-electron chi connectivity index (χ0n) is 5.57. The van der Waals surface area contributed by atoms with Crippen molar-refractivity contribution in [2.75, 3.05) is 0 Å². The normalized spacial score (nSPS) is 9.80. The van der Waals surface area contributed by atoms with Crippen LogP contribution in [-0.2, 0) is 4.33 Å². The first-order valence-electron chi connectivity index (χ1n) is 2.87. The van der Waals surface area contributed by atoms with E-state index >= 15 is 0 Å². The molecule has 1 aromatic carbocycles. The van der Waals surface area contributed by atoms with Crippen molar-refractivity contribution in [1.29, 1.82) is 0 Å². The third-order valence-corrected chi connectivity index (χ3v) is 1.69. The standard InChI is InChI=1S/C7H8O2S/c1-6-2-4-7(5-3-6)10-9-8/h2-5,8H,1H3. The maximum absolute atomic E-state index is 8.05. The average molecular weight is 156 g/mol. The molecular formula is C7H8O2S. The Kier molecular flexibility index (Phi) is 2.74. The summed E-state index contributed by atoms with van der Waals surface area (Å²) in [4.78, 5) is 0.896. The molecule has 0 saturated heterocycles. The molecule has 10 heavy (non-hydrogen) atoms. The van der Waals surface area contributed by atoms with E-state index in [-0.39, 0.29) is 0 Å². The molecule has 0 aromatic heterocycles. The highest BCUT2D eigenvalue weighted by molar-refractivity contribution is 7.94. The third-order valence-electron chi connectivity index (χ3n) is 1.15. The van der Waals surface area contributed by atoms with Crippen molar-refractivity contribution < 1.29 is 9.59 Å². The van der Waals surface area contributed by atoms with Crippen molar-refractivity contribution in [3.8, 4) is 0 Å². The fourth-order valence-electron chi connectivity index (χ4n) is 0.637. The first kappa shape index (κ1) is 7.60. The summed E-state index contributed by atoms with van der Waals surface area (Å²) < 4.78 is 3.88. The summed E-state index contributed by atoms with van der Waals surface area (Å²) in [5.74, 6) is 0. The highest BCUT2D eigenvalue weighted by Crippen LogP contribution is 2.17. The Morgan fingerprint density at radius 3 is 2.40 bits per heavy atom. The van der Waals surface area contributed by atoms with Crippen LogP contribution in [0.25, 0.3) is 0 Å². The van der Waals surface area contributed by atoms with Gasteiger partial charge in [0.05, 0.1) is 12.0 Å². The van der Waals surface area contributed by atoms with Crippen LogP contribution in [0.4, 0.5) is 0 Å². The smallest absolute Gasteiger partial charge is 0.0679 e. The van der Waals surface area contributed by atoms with Gasteiger partial charge in [-0.05, 0) is 19.1 Å². The van der Waals surface area contributed by atoms with E-state index in [0.717, 1.165) is 16.9 Å². The van der Waals surface area contributed by atoms with Crippen LogP contribution >= 0.6 is 12.0 Å². The molecule has 0 heterocycles. The van der Waals surface area contributed by atoms with Crippen molar-refractivity contribution in [1.82, 2.24) is 0 Å². The monoisotopic (exact) mass is 156 g/mol. The van der Waals surface area contributed by atoms with Crippen LogP contribution in [0.5, 0.6) is 0 Å². The molecule has 0 bridgehead atoms.